The number of rotatable bonds is 8. The van der Waals surface area contributed by atoms with Gasteiger partial charge < -0.3 is 10.4 Å². The summed E-state index contributed by atoms with van der Waals surface area (Å²) in [4.78, 5) is 0. The summed E-state index contributed by atoms with van der Waals surface area (Å²) in [7, 11) is 1.97. The van der Waals surface area contributed by atoms with Crippen molar-refractivity contribution in [3.63, 3.8) is 0 Å². The smallest absolute Gasteiger partial charge is 0.0613 e. The van der Waals surface area contributed by atoms with Gasteiger partial charge in [0.15, 0.2) is 0 Å². The van der Waals surface area contributed by atoms with Crippen molar-refractivity contribution < 1.29 is 5.11 Å². The van der Waals surface area contributed by atoms with E-state index in [-0.39, 0.29) is 12.1 Å². The van der Waals surface area contributed by atoms with Crippen LogP contribution in [0.3, 0.4) is 0 Å². The maximum absolute atomic E-state index is 9.49. The molecule has 0 aromatic rings. The van der Waals surface area contributed by atoms with Crippen LogP contribution >= 0.6 is 11.8 Å². The molecule has 0 saturated heterocycles. The molecule has 1 saturated carbocycles. The van der Waals surface area contributed by atoms with Crippen LogP contribution in [0, 0.1) is 5.92 Å². The molecule has 1 fully saturated rings. The number of likely N-dealkylation sites (N-methyl/N-ethyl adjacent to an activating group) is 1. The largest absolute Gasteiger partial charge is 0.394 e. The van der Waals surface area contributed by atoms with E-state index >= 15 is 0 Å². The number of nitrogens with one attached hydrogen (secondary N) is 1. The lowest BCUT2D eigenvalue weighted by molar-refractivity contribution is 0.154. The van der Waals surface area contributed by atoms with Crippen LogP contribution in [0.4, 0.5) is 0 Å². The molecule has 1 rings (SSSR count). The molecule has 0 bridgehead atoms. The van der Waals surface area contributed by atoms with Gasteiger partial charge in [0.05, 0.1) is 6.61 Å². The molecule has 3 atom stereocenters. The predicted octanol–water partition coefficient (Wildman–Crippen LogP) is 3.44. The van der Waals surface area contributed by atoms with Gasteiger partial charge in [0, 0.05) is 10.8 Å². The lowest BCUT2D eigenvalue weighted by atomic mass is 9.90. The Morgan fingerprint density at radius 1 is 1.39 bits per heavy atom. The third-order valence-electron chi connectivity index (χ3n) is 4.55. The summed E-state index contributed by atoms with van der Waals surface area (Å²) in [6, 6.07) is 0. The first-order valence-electron chi connectivity index (χ1n) is 7.57. The molecule has 3 heteroatoms. The summed E-state index contributed by atoms with van der Waals surface area (Å²) in [6.45, 7) is 4.80. The van der Waals surface area contributed by atoms with E-state index in [1.807, 2.05) is 7.05 Å². The lowest BCUT2D eigenvalue weighted by Crippen LogP contribution is -2.45. The fraction of sp³-hybridized carbons (Fsp3) is 1.00. The van der Waals surface area contributed by atoms with Gasteiger partial charge in [-0.2, -0.15) is 11.8 Å². The second-order valence-corrected chi connectivity index (χ2v) is 7.32. The summed E-state index contributed by atoms with van der Waals surface area (Å²) < 4.78 is 0. The number of aliphatic hydroxyl groups is 1. The SMILES string of the molecule is CCC(CO)(CCCSC1CCCC(C)C1)NC. The van der Waals surface area contributed by atoms with Crippen molar-refractivity contribution in [2.75, 3.05) is 19.4 Å². The Morgan fingerprint density at radius 2 is 2.17 bits per heavy atom. The predicted molar refractivity (Wildman–Crippen MR) is 82.3 cm³/mol. The van der Waals surface area contributed by atoms with E-state index in [1.165, 1.54) is 37.9 Å². The Kier molecular flexibility index (Phi) is 7.66. The van der Waals surface area contributed by atoms with Gasteiger partial charge in [0.1, 0.15) is 0 Å². The Hall–Kier alpha value is 0.270. The highest BCUT2D eigenvalue weighted by Gasteiger charge is 2.24. The average molecular weight is 273 g/mol. The Labute approximate surface area is 117 Å². The molecule has 18 heavy (non-hydrogen) atoms. The summed E-state index contributed by atoms with van der Waals surface area (Å²) >= 11 is 2.16. The van der Waals surface area contributed by atoms with Crippen LogP contribution in [-0.2, 0) is 0 Å². The summed E-state index contributed by atoms with van der Waals surface area (Å²) in [5.41, 5.74) is -0.0413. The molecule has 0 amide bonds. The zero-order valence-corrected chi connectivity index (χ0v) is 13.2. The van der Waals surface area contributed by atoms with E-state index in [0.717, 1.165) is 24.0 Å². The minimum atomic E-state index is -0.0413. The fourth-order valence-corrected chi connectivity index (χ4v) is 4.38. The van der Waals surface area contributed by atoms with Gasteiger partial charge >= 0.3 is 0 Å². The minimum Gasteiger partial charge on any atom is -0.394 e. The molecular formula is C15H31NOS. The van der Waals surface area contributed by atoms with E-state index < -0.39 is 0 Å². The maximum Gasteiger partial charge on any atom is 0.0613 e. The molecule has 1 aliphatic rings. The maximum atomic E-state index is 9.49. The van der Waals surface area contributed by atoms with Gasteiger partial charge in [-0.15, -0.1) is 0 Å². The number of thioether (sulfide) groups is 1. The van der Waals surface area contributed by atoms with Crippen molar-refractivity contribution in [2.24, 2.45) is 5.92 Å². The number of hydrogen-bond donors (Lipinski definition) is 2. The first-order chi connectivity index (χ1) is 8.65. The number of hydrogen-bond acceptors (Lipinski definition) is 3. The zero-order chi connectivity index (χ0) is 13.4. The molecule has 0 heterocycles. The second kappa shape index (κ2) is 8.44. The highest BCUT2D eigenvalue weighted by molar-refractivity contribution is 7.99. The van der Waals surface area contributed by atoms with E-state index in [4.69, 9.17) is 0 Å². The Balaban J connectivity index is 2.17. The summed E-state index contributed by atoms with van der Waals surface area (Å²) in [5, 5.41) is 13.7. The van der Waals surface area contributed by atoms with Gasteiger partial charge in [0.25, 0.3) is 0 Å². The molecule has 0 spiro atoms. The molecule has 0 radical (unpaired) electrons. The van der Waals surface area contributed by atoms with Gasteiger partial charge in [-0.1, -0.05) is 26.7 Å². The van der Waals surface area contributed by atoms with E-state index in [0.29, 0.717) is 0 Å². The van der Waals surface area contributed by atoms with Gasteiger partial charge in [0.2, 0.25) is 0 Å². The summed E-state index contributed by atoms with van der Waals surface area (Å²) in [5.74, 6) is 2.18. The van der Waals surface area contributed by atoms with Crippen molar-refractivity contribution in [3.05, 3.63) is 0 Å². The van der Waals surface area contributed by atoms with Crippen molar-refractivity contribution >= 4 is 11.8 Å². The molecule has 3 unspecified atom stereocenters. The van der Waals surface area contributed by atoms with Crippen LogP contribution in [0.15, 0.2) is 0 Å². The van der Waals surface area contributed by atoms with Crippen molar-refractivity contribution in [1.82, 2.24) is 5.32 Å². The highest BCUT2D eigenvalue weighted by Crippen LogP contribution is 2.32. The van der Waals surface area contributed by atoms with Crippen LogP contribution < -0.4 is 5.32 Å². The quantitative estimate of drug-likeness (QED) is 0.665. The first kappa shape index (κ1) is 16.3. The summed E-state index contributed by atoms with van der Waals surface area (Å²) in [6.07, 6.45) is 8.99. The van der Waals surface area contributed by atoms with E-state index in [9.17, 15) is 5.11 Å². The van der Waals surface area contributed by atoms with E-state index in [1.54, 1.807) is 0 Å². The van der Waals surface area contributed by atoms with Crippen LogP contribution in [0.1, 0.15) is 58.8 Å². The molecule has 1 aliphatic carbocycles. The normalized spacial score (nSPS) is 28.0. The topological polar surface area (TPSA) is 32.3 Å². The molecule has 2 nitrogen and oxygen atoms in total. The zero-order valence-electron chi connectivity index (χ0n) is 12.4. The Bertz CT molecular complexity index is 210. The molecule has 0 aromatic heterocycles. The molecule has 0 aromatic carbocycles. The monoisotopic (exact) mass is 273 g/mol. The van der Waals surface area contributed by atoms with Crippen molar-refractivity contribution in [1.29, 1.82) is 0 Å². The fourth-order valence-electron chi connectivity index (χ4n) is 2.94. The van der Waals surface area contributed by atoms with Gasteiger partial charge in [-0.05, 0) is 50.8 Å². The Morgan fingerprint density at radius 3 is 2.72 bits per heavy atom. The third kappa shape index (κ3) is 5.10. The van der Waals surface area contributed by atoms with Gasteiger partial charge in [-0.25, -0.2) is 0 Å². The average Bonchev–Trinajstić information content (AvgIpc) is 2.40. The lowest BCUT2D eigenvalue weighted by Gasteiger charge is -2.31. The molecule has 0 aliphatic heterocycles. The number of aliphatic hydroxyl groups excluding tert-OH is 1. The third-order valence-corrected chi connectivity index (χ3v) is 5.98. The van der Waals surface area contributed by atoms with Crippen molar-refractivity contribution in [2.45, 2.75) is 69.6 Å². The molecule has 2 N–H and O–H groups in total. The molecule has 108 valence electrons. The highest BCUT2D eigenvalue weighted by atomic mass is 32.2. The second-order valence-electron chi connectivity index (χ2n) is 5.91. The van der Waals surface area contributed by atoms with Crippen LogP contribution in [0.25, 0.3) is 0 Å². The first-order valence-corrected chi connectivity index (χ1v) is 8.62. The molecular weight excluding hydrogens is 242 g/mol. The van der Waals surface area contributed by atoms with E-state index in [2.05, 4.69) is 30.9 Å². The minimum absolute atomic E-state index is 0.0413. The van der Waals surface area contributed by atoms with Gasteiger partial charge in [-0.3, -0.25) is 0 Å². The van der Waals surface area contributed by atoms with Crippen LogP contribution in [-0.4, -0.2) is 35.3 Å². The van der Waals surface area contributed by atoms with Crippen LogP contribution in [0.5, 0.6) is 0 Å². The standard InChI is InChI=1S/C15H31NOS/c1-4-15(12-17,16-3)9-6-10-18-14-8-5-7-13(2)11-14/h13-14,16-17H,4-12H2,1-3H3. The van der Waals surface area contributed by atoms with Crippen molar-refractivity contribution in [3.8, 4) is 0 Å². The van der Waals surface area contributed by atoms with Crippen LogP contribution in [0.2, 0.25) is 0 Å².